The van der Waals surface area contributed by atoms with Gasteiger partial charge in [0.15, 0.2) is 0 Å². The second kappa shape index (κ2) is 5.42. The molecule has 5 nitrogen and oxygen atoms in total. The molecule has 0 amide bonds. The Morgan fingerprint density at radius 2 is 2.27 bits per heavy atom. The lowest BCUT2D eigenvalue weighted by molar-refractivity contribution is 0.273. The topological polar surface area (TPSA) is 66.7 Å². The van der Waals surface area contributed by atoms with Gasteiger partial charge in [0, 0.05) is 24.0 Å². The lowest BCUT2D eigenvalue weighted by Crippen LogP contribution is -2.09. The smallest absolute Gasteiger partial charge is 0.133 e. The zero-order valence-corrected chi connectivity index (χ0v) is 12.2. The molecule has 0 bridgehead atoms. The molecule has 5 heteroatoms. The van der Waals surface area contributed by atoms with E-state index in [1.165, 1.54) is 0 Å². The number of hydrogen-bond donors (Lipinski definition) is 2. The van der Waals surface area contributed by atoms with Crippen LogP contribution in [0, 0.1) is 0 Å². The molecule has 1 unspecified atom stereocenters. The standard InChI is InChI=1S/C17H18N4O/c22-11-16-19-14-7-6-13(10-15(14)20-16)21-9-8-18-17(21)12-4-2-1-3-5-12/h1-2,6-10,12,22H,3-5,11H2,(H,19,20). The summed E-state index contributed by atoms with van der Waals surface area (Å²) in [6, 6.07) is 6.09. The van der Waals surface area contributed by atoms with Crippen molar-refractivity contribution < 1.29 is 5.11 Å². The summed E-state index contributed by atoms with van der Waals surface area (Å²) in [4.78, 5) is 12.0. The van der Waals surface area contributed by atoms with Crippen LogP contribution in [0.15, 0.2) is 42.7 Å². The number of benzene rings is 1. The fraction of sp³-hybridized carbons (Fsp3) is 0.294. The molecule has 2 aromatic heterocycles. The molecule has 22 heavy (non-hydrogen) atoms. The van der Waals surface area contributed by atoms with Crippen molar-refractivity contribution in [3.63, 3.8) is 0 Å². The predicted octanol–water partition coefficient (Wildman–Crippen LogP) is 3.06. The molecule has 1 aliphatic rings. The fourth-order valence-electron chi connectivity index (χ4n) is 3.14. The Balaban J connectivity index is 1.75. The average molecular weight is 294 g/mol. The van der Waals surface area contributed by atoms with E-state index in [1.54, 1.807) is 0 Å². The number of aromatic nitrogens is 4. The van der Waals surface area contributed by atoms with Crippen LogP contribution in [-0.4, -0.2) is 24.6 Å². The molecule has 4 rings (SSSR count). The van der Waals surface area contributed by atoms with Crippen LogP contribution in [0.2, 0.25) is 0 Å². The van der Waals surface area contributed by atoms with Crippen LogP contribution in [0.3, 0.4) is 0 Å². The van der Waals surface area contributed by atoms with Gasteiger partial charge >= 0.3 is 0 Å². The van der Waals surface area contributed by atoms with Crippen LogP contribution in [-0.2, 0) is 6.61 Å². The van der Waals surface area contributed by atoms with Crippen LogP contribution in [0.1, 0.15) is 36.8 Å². The number of fused-ring (bicyclic) bond motifs is 1. The molecule has 112 valence electrons. The second-order valence-electron chi connectivity index (χ2n) is 5.68. The van der Waals surface area contributed by atoms with E-state index in [-0.39, 0.29) is 6.61 Å². The minimum absolute atomic E-state index is 0.0747. The van der Waals surface area contributed by atoms with Gasteiger partial charge in [-0.1, -0.05) is 12.2 Å². The van der Waals surface area contributed by atoms with Crippen molar-refractivity contribution in [2.75, 3.05) is 0 Å². The van der Waals surface area contributed by atoms with Crippen LogP contribution >= 0.6 is 0 Å². The van der Waals surface area contributed by atoms with Gasteiger partial charge in [0.2, 0.25) is 0 Å². The first kappa shape index (κ1) is 13.3. The molecule has 2 N–H and O–H groups in total. The second-order valence-corrected chi connectivity index (χ2v) is 5.68. The Hall–Kier alpha value is -2.40. The molecule has 1 atom stereocenters. The Kier molecular flexibility index (Phi) is 3.27. The molecule has 0 spiro atoms. The van der Waals surface area contributed by atoms with E-state index >= 15 is 0 Å². The highest BCUT2D eigenvalue weighted by molar-refractivity contribution is 5.77. The third-order valence-electron chi connectivity index (χ3n) is 4.25. The Morgan fingerprint density at radius 1 is 1.32 bits per heavy atom. The summed E-state index contributed by atoms with van der Waals surface area (Å²) in [6.07, 6.45) is 11.7. The largest absolute Gasteiger partial charge is 0.388 e. The van der Waals surface area contributed by atoms with Crippen LogP contribution in [0.4, 0.5) is 0 Å². The zero-order chi connectivity index (χ0) is 14.9. The maximum Gasteiger partial charge on any atom is 0.133 e. The van der Waals surface area contributed by atoms with Crippen molar-refractivity contribution in [1.29, 1.82) is 0 Å². The molecule has 1 aromatic carbocycles. The summed E-state index contributed by atoms with van der Waals surface area (Å²) >= 11 is 0. The number of aromatic amines is 1. The van der Waals surface area contributed by atoms with E-state index in [1.807, 2.05) is 24.5 Å². The molecule has 0 fully saturated rings. The van der Waals surface area contributed by atoms with E-state index in [4.69, 9.17) is 0 Å². The van der Waals surface area contributed by atoms with Crippen molar-refractivity contribution in [3.05, 3.63) is 54.4 Å². The minimum Gasteiger partial charge on any atom is -0.388 e. The monoisotopic (exact) mass is 294 g/mol. The summed E-state index contributed by atoms with van der Waals surface area (Å²) in [5, 5.41) is 9.19. The normalized spacial score (nSPS) is 18.1. The third kappa shape index (κ3) is 2.23. The summed E-state index contributed by atoms with van der Waals surface area (Å²) in [5.41, 5.74) is 2.88. The number of aliphatic hydroxyl groups excluding tert-OH is 1. The van der Waals surface area contributed by atoms with Gasteiger partial charge in [-0.3, -0.25) is 0 Å². The number of imidazole rings is 2. The Labute approximate surface area is 128 Å². The maximum atomic E-state index is 9.19. The first-order valence-electron chi connectivity index (χ1n) is 7.63. The quantitative estimate of drug-likeness (QED) is 0.730. The van der Waals surface area contributed by atoms with Crippen LogP contribution in [0.5, 0.6) is 0 Å². The Morgan fingerprint density at radius 3 is 3.09 bits per heavy atom. The number of hydrogen-bond acceptors (Lipinski definition) is 3. The molecule has 2 heterocycles. The van der Waals surface area contributed by atoms with Crippen molar-refractivity contribution in [2.24, 2.45) is 0 Å². The van der Waals surface area contributed by atoms with Crippen molar-refractivity contribution in [3.8, 4) is 5.69 Å². The molecule has 0 saturated carbocycles. The van der Waals surface area contributed by atoms with Gasteiger partial charge in [-0.05, 0) is 37.5 Å². The molecule has 1 aliphatic carbocycles. The van der Waals surface area contributed by atoms with Gasteiger partial charge in [0.05, 0.1) is 11.0 Å². The van der Waals surface area contributed by atoms with Gasteiger partial charge < -0.3 is 14.7 Å². The van der Waals surface area contributed by atoms with E-state index in [0.717, 1.165) is 41.8 Å². The highest BCUT2D eigenvalue weighted by Crippen LogP contribution is 2.30. The highest BCUT2D eigenvalue weighted by Gasteiger charge is 2.18. The van der Waals surface area contributed by atoms with Crippen LogP contribution < -0.4 is 0 Å². The SMILES string of the molecule is OCc1nc2ccc(-n3ccnc3C3CC=CCC3)cc2[nH]1. The fourth-order valence-corrected chi connectivity index (χ4v) is 3.14. The van der Waals surface area contributed by atoms with E-state index < -0.39 is 0 Å². The number of allylic oxidation sites excluding steroid dienone is 2. The number of nitrogens with one attached hydrogen (secondary N) is 1. The molecular formula is C17H18N4O. The lowest BCUT2D eigenvalue weighted by Gasteiger charge is -2.19. The summed E-state index contributed by atoms with van der Waals surface area (Å²) < 4.78 is 2.16. The minimum atomic E-state index is -0.0747. The average Bonchev–Trinajstić information content (AvgIpc) is 3.21. The first-order chi connectivity index (χ1) is 10.8. The van der Waals surface area contributed by atoms with Gasteiger partial charge in [0.1, 0.15) is 18.3 Å². The zero-order valence-electron chi connectivity index (χ0n) is 12.2. The summed E-state index contributed by atoms with van der Waals surface area (Å²) in [7, 11) is 0. The third-order valence-corrected chi connectivity index (χ3v) is 4.25. The molecule has 3 aromatic rings. The molecule has 0 radical (unpaired) electrons. The van der Waals surface area contributed by atoms with Crippen molar-refractivity contribution >= 4 is 11.0 Å². The molecule has 0 saturated heterocycles. The number of nitrogens with zero attached hydrogens (tertiary/aromatic N) is 3. The first-order valence-corrected chi connectivity index (χ1v) is 7.63. The number of rotatable bonds is 3. The number of H-pyrrole nitrogens is 1. The Bertz CT molecular complexity index is 830. The van der Waals surface area contributed by atoms with Gasteiger partial charge in [0.25, 0.3) is 0 Å². The number of aliphatic hydroxyl groups is 1. The van der Waals surface area contributed by atoms with E-state index in [2.05, 4.69) is 37.7 Å². The molecular weight excluding hydrogens is 276 g/mol. The van der Waals surface area contributed by atoms with Gasteiger partial charge in [-0.2, -0.15) is 0 Å². The van der Waals surface area contributed by atoms with Crippen molar-refractivity contribution in [1.82, 2.24) is 19.5 Å². The molecule has 0 aliphatic heterocycles. The highest BCUT2D eigenvalue weighted by atomic mass is 16.3. The lowest BCUT2D eigenvalue weighted by atomic mass is 9.93. The summed E-state index contributed by atoms with van der Waals surface area (Å²) in [6.45, 7) is -0.0747. The van der Waals surface area contributed by atoms with Gasteiger partial charge in [-0.15, -0.1) is 0 Å². The van der Waals surface area contributed by atoms with E-state index in [9.17, 15) is 5.11 Å². The van der Waals surface area contributed by atoms with Crippen LogP contribution in [0.25, 0.3) is 16.7 Å². The summed E-state index contributed by atoms with van der Waals surface area (Å²) in [5.74, 6) is 2.19. The maximum absolute atomic E-state index is 9.19. The van der Waals surface area contributed by atoms with Gasteiger partial charge in [-0.25, -0.2) is 9.97 Å². The van der Waals surface area contributed by atoms with Crippen molar-refractivity contribution in [2.45, 2.75) is 31.8 Å². The van der Waals surface area contributed by atoms with E-state index in [0.29, 0.717) is 11.7 Å². The predicted molar refractivity (Wildman–Crippen MR) is 84.9 cm³/mol.